The number of aryl methyl sites for hydroxylation is 1. The predicted molar refractivity (Wildman–Crippen MR) is 84.9 cm³/mol. The summed E-state index contributed by atoms with van der Waals surface area (Å²) >= 11 is 0. The molecule has 0 saturated carbocycles. The van der Waals surface area contributed by atoms with Crippen LogP contribution in [-0.2, 0) is 4.79 Å². The Morgan fingerprint density at radius 1 is 1.19 bits per heavy atom. The lowest BCUT2D eigenvalue weighted by Crippen LogP contribution is -2.28. The van der Waals surface area contributed by atoms with Crippen LogP contribution in [0, 0.1) is 6.92 Å². The average molecular weight is 293 g/mol. The summed E-state index contributed by atoms with van der Waals surface area (Å²) in [7, 11) is 0. The second-order valence-electron chi connectivity index (χ2n) is 5.31. The lowest BCUT2D eigenvalue weighted by atomic mass is 10.2. The monoisotopic (exact) mass is 293 g/mol. The van der Waals surface area contributed by atoms with Gasteiger partial charge in [-0.25, -0.2) is 0 Å². The molecule has 0 amide bonds. The van der Waals surface area contributed by atoms with Crippen molar-refractivity contribution in [3.05, 3.63) is 29.8 Å². The van der Waals surface area contributed by atoms with Gasteiger partial charge >= 0.3 is 5.97 Å². The van der Waals surface area contributed by atoms with Crippen molar-refractivity contribution in [1.82, 2.24) is 4.90 Å². The molecule has 0 unspecified atom stereocenters. The summed E-state index contributed by atoms with van der Waals surface area (Å²) in [5.74, 6) is 0.229. The van der Waals surface area contributed by atoms with E-state index >= 15 is 0 Å². The second kappa shape index (κ2) is 10.2. The third-order valence-corrected chi connectivity index (χ3v) is 3.40. The summed E-state index contributed by atoms with van der Waals surface area (Å²) in [6.07, 6.45) is 3.30. The lowest BCUT2D eigenvalue weighted by Gasteiger charge is -2.20. The summed E-state index contributed by atoms with van der Waals surface area (Å²) in [6, 6.07) is 8.03. The Bertz CT molecular complexity index is 420. The van der Waals surface area contributed by atoms with Crippen molar-refractivity contribution in [2.24, 2.45) is 0 Å². The number of nitrogens with zero attached hydrogens (tertiary/aromatic N) is 1. The molecule has 0 aromatic heterocycles. The first-order chi connectivity index (χ1) is 10.1. The number of carbonyl (C=O) groups is 1. The molecule has 0 aliphatic heterocycles. The summed E-state index contributed by atoms with van der Waals surface area (Å²) < 4.78 is 5.76. The predicted octanol–water partition coefficient (Wildman–Crippen LogP) is 3.34. The van der Waals surface area contributed by atoms with E-state index < -0.39 is 5.97 Å². The third kappa shape index (κ3) is 7.71. The molecule has 0 fully saturated rings. The van der Waals surface area contributed by atoms with Crippen LogP contribution >= 0.6 is 0 Å². The van der Waals surface area contributed by atoms with E-state index in [1.54, 1.807) is 0 Å². The van der Waals surface area contributed by atoms with Crippen LogP contribution in [0.1, 0.15) is 38.2 Å². The molecule has 0 heterocycles. The fourth-order valence-electron chi connectivity index (χ4n) is 2.24. The molecule has 1 N–H and O–H groups in total. The maximum atomic E-state index is 10.6. The molecule has 1 rings (SSSR count). The highest BCUT2D eigenvalue weighted by Crippen LogP contribution is 2.16. The number of benzene rings is 1. The molecule has 0 aliphatic rings. The van der Waals surface area contributed by atoms with E-state index in [4.69, 9.17) is 9.84 Å². The Hall–Kier alpha value is -1.55. The topological polar surface area (TPSA) is 49.8 Å². The molecular formula is C17H27NO3. The fourth-order valence-corrected chi connectivity index (χ4v) is 2.24. The van der Waals surface area contributed by atoms with Crippen molar-refractivity contribution in [2.75, 3.05) is 26.2 Å². The van der Waals surface area contributed by atoms with E-state index in [1.165, 1.54) is 0 Å². The Labute approximate surface area is 127 Å². The zero-order valence-corrected chi connectivity index (χ0v) is 13.2. The molecule has 0 radical (unpaired) electrons. The van der Waals surface area contributed by atoms with Gasteiger partial charge in [0.2, 0.25) is 0 Å². The maximum Gasteiger partial charge on any atom is 0.304 e. The second-order valence-corrected chi connectivity index (χ2v) is 5.31. The SMILES string of the molecule is CCCN(CCCCOc1ccccc1C)CCC(=O)O. The zero-order chi connectivity index (χ0) is 15.5. The molecule has 0 atom stereocenters. The molecule has 0 spiro atoms. The first kappa shape index (κ1) is 17.5. The maximum absolute atomic E-state index is 10.6. The van der Waals surface area contributed by atoms with Gasteiger partial charge in [0.1, 0.15) is 5.75 Å². The quantitative estimate of drug-likeness (QED) is 0.636. The minimum absolute atomic E-state index is 0.222. The lowest BCUT2D eigenvalue weighted by molar-refractivity contribution is -0.137. The molecule has 1 aromatic rings. The molecule has 4 heteroatoms. The number of ether oxygens (including phenoxy) is 1. The molecule has 1 aromatic carbocycles. The standard InChI is InChI=1S/C17H27NO3/c1-3-11-18(13-10-17(19)20)12-6-7-14-21-16-9-5-4-8-15(16)2/h4-5,8-9H,3,6-7,10-14H2,1-2H3,(H,19,20). The van der Waals surface area contributed by atoms with E-state index in [9.17, 15) is 4.79 Å². The van der Waals surface area contributed by atoms with Crippen molar-refractivity contribution in [3.8, 4) is 5.75 Å². The van der Waals surface area contributed by atoms with Gasteiger partial charge in [-0.1, -0.05) is 25.1 Å². The van der Waals surface area contributed by atoms with Gasteiger partial charge in [-0.05, 0) is 50.9 Å². The number of carboxylic acids is 1. The van der Waals surface area contributed by atoms with Gasteiger partial charge in [-0.15, -0.1) is 0 Å². The van der Waals surface area contributed by atoms with Crippen molar-refractivity contribution in [3.63, 3.8) is 0 Å². The van der Waals surface area contributed by atoms with Gasteiger partial charge in [0.05, 0.1) is 13.0 Å². The molecule has 0 saturated heterocycles. The van der Waals surface area contributed by atoms with Crippen LogP contribution < -0.4 is 4.74 Å². The molecule has 4 nitrogen and oxygen atoms in total. The number of carboxylic acid groups (broad SMARTS) is 1. The normalized spacial score (nSPS) is 10.8. The third-order valence-electron chi connectivity index (χ3n) is 3.40. The Morgan fingerprint density at radius 2 is 1.95 bits per heavy atom. The van der Waals surface area contributed by atoms with Crippen LogP contribution in [0.25, 0.3) is 0 Å². The highest BCUT2D eigenvalue weighted by molar-refractivity contribution is 5.66. The Kier molecular flexibility index (Phi) is 8.51. The van der Waals surface area contributed by atoms with E-state index in [-0.39, 0.29) is 6.42 Å². The first-order valence-electron chi connectivity index (χ1n) is 7.76. The average Bonchev–Trinajstić information content (AvgIpc) is 2.46. The number of unbranched alkanes of at least 4 members (excludes halogenated alkanes) is 1. The van der Waals surface area contributed by atoms with Crippen LogP contribution in [0.2, 0.25) is 0 Å². The van der Waals surface area contributed by atoms with E-state index in [2.05, 4.69) is 11.8 Å². The van der Waals surface area contributed by atoms with Crippen LogP contribution in [-0.4, -0.2) is 42.2 Å². The van der Waals surface area contributed by atoms with E-state index in [1.807, 2.05) is 31.2 Å². The Balaban J connectivity index is 2.18. The van der Waals surface area contributed by atoms with Crippen molar-refractivity contribution in [2.45, 2.75) is 39.5 Å². The first-order valence-corrected chi connectivity index (χ1v) is 7.76. The minimum atomic E-state index is -0.723. The number of para-hydroxylation sites is 1. The summed E-state index contributed by atoms with van der Waals surface area (Å²) in [6.45, 7) is 7.43. The molecular weight excluding hydrogens is 266 g/mol. The molecule has 118 valence electrons. The number of hydrogen-bond donors (Lipinski definition) is 1. The summed E-state index contributed by atoms with van der Waals surface area (Å²) in [5, 5.41) is 8.75. The van der Waals surface area contributed by atoms with Crippen molar-refractivity contribution < 1.29 is 14.6 Å². The smallest absolute Gasteiger partial charge is 0.304 e. The highest BCUT2D eigenvalue weighted by atomic mass is 16.5. The zero-order valence-electron chi connectivity index (χ0n) is 13.2. The van der Waals surface area contributed by atoms with Crippen LogP contribution in [0.3, 0.4) is 0 Å². The van der Waals surface area contributed by atoms with E-state index in [0.29, 0.717) is 13.2 Å². The molecule has 0 aliphatic carbocycles. The van der Waals surface area contributed by atoms with Crippen LogP contribution in [0.4, 0.5) is 0 Å². The molecule has 0 bridgehead atoms. The summed E-state index contributed by atoms with van der Waals surface area (Å²) in [5.41, 5.74) is 1.16. The van der Waals surface area contributed by atoms with Gasteiger partial charge in [0.15, 0.2) is 0 Å². The van der Waals surface area contributed by atoms with Crippen molar-refractivity contribution >= 4 is 5.97 Å². The van der Waals surface area contributed by atoms with Gasteiger partial charge in [-0.2, -0.15) is 0 Å². The van der Waals surface area contributed by atoms with E-state index in [0.717, 1.165) is 43.7 Å². The van der Waals surface area contributed by atoms with Crippen LogP contribution in [0.15, 0.2) is 24.3 Å². The van der Waals surface area contributed by atoms with Gasteiger partial charge in [0.25, 0.3) is 0 Å². The summed E-state index contributed by atoms with van der Waals surface area (Å²) in [4.78, 5) is 12.9. The fraction of sp³-hybridized carbons (Fsp3) is 0.588. The van der Waals surface area contributed by atoms with Crippen molar-refractivity contribution in [1.29, 1.82) is 0 Å². The van der Waals surface area contributed by atoms with Gasteiger partial charge in [0, 0.05) is 6.54 Å². The highest BCUT2D eigenvalue weighted by Gasteiger charge is 2.06. The van der Waals surface area contributed by atoms with Gasteiger partial charge in [-0.3, -0.25) is 4.79 Å². The number of hydrogen-bond acceptors (Lipinski definition) is 3. The largest absolute Gasteiger partial charge is 0.493 e. The van der Waals surface area contributed by atoms with Gasteiger partial charge < -0.3 is 14.7 Å². The molecule has 21 heavy (non-hydrogen) atoms. The number of rotatable bonds is 11. The minimum Gasteiger partial charge on any atom is -0.493 e. The Morgan fingerprint density at radius 3 is 2.62 bits per heavy atom. The van der Waals surface area contributed by atoms with Crippen LogP contribution in [0.5, 0.6) is 5.75 Å². The number of aliphatic carboxylic acids is 1.